The molecule has 0 aliphatic rings. The Labute approximate surface area is 59.2 Å². The number of thiazole rings is 1. The molecule has 1 heterocycles. The lowest BCUT2D eigenvalue weighted by atomic mass is 10.8. The zero-order valence-corrected chi connectivity index (χ0v) is 5.65. The van der Waals surface area contributed by atoms with Crippen LogP contribution in [0.25, 0.3) is 0 Å². The molecule has 0 saturated heterocycles. The van der Waals surface area contributed by atoms with E-state index in [1.807, 2.05) is 0 Å². The van der Waals surface area contributed by atoms with Gasteiger partial charge in [0, 0.05) is 0 Å². The summed E-state index contributed by atoms with van der Waals surface area (Å²) in [6.07, 6.45) is 0. The largest absolute Gasteiger partial charge is 0.376 e. The van der Waals surface area contributed by atoms with Gasteiger partial charge in [0.1, 0.15) is 0 Å². The van der Waals surface area contributed by atoms with Gasteiger partial charge in [-0.05, 0) is 21.5 Å². The molecule has 9 heavy (non-hydrogen) atoms. The van der Waals surface area contributed by atoms with Crippen LogP contribution in [0, 0.1) is 10.1 Å². The molecule has 0 aromatic carbocycles. The lowest BCUT2D eigenvalue weighted by molar-refractivity contribution is -0.389. The van der Waals surface area contributed by atoms with Crippen molar-refractivity contribution in [3.63, 3.8) is 0 Å². The highest BCUT2D eigenvalue weighted by molar-refractivity contribution is 7.14. The number of rotatable bonds is 1. The Bertz CT molecular complexity index is 235. The number of hydrogen-bond acceptors (Lipinski definition) is 4. The molecule has 1 aromatic heterocycles. The quantitative estimate of drug-likeness (QED) is 0.469. The van der Waals surface area contributed by atoms with Crippen LogP contribution in [-0.2, 0) is 0 Å². The first-order chi connectivity index (χ1) is 4.20. The number of hydrogen-bond donors (Lipinski definition) is 0. The molecule has 0 aliphatic heterocycles. The van der Waals surface area contributed by atoms with Gasteiger partial charge in [0.15, 0.2) is 0 Å². The Morgan fingerprint density at radius 1 is 1.89 bits per heavy atom. The molecule has 1 aromatic rings. The number of nitrogens with zero attached hydrogens (tertiary/aromatic N) is 2. The van der Waals surface area contributed by atoms with Crippen LogP contribution in [0.2, 0.25) is 4.47 Å². The summed E-state index contributed by atoms with van der Waals surface area (Å²) in [6, 6.07) is 0. The van der Waals surface area contributed by atoms with Crippen molar-refractivity contribution in [3.05, 3.63) is 20.0 Å². The second kappa shape index (κ2) is 2.28. The van der Waals surface area contributed by atoms with Crippen molar-refractivity contribution in [1.82, 2.24) is 4.98 Å². The molecule has 0 bridgehead atoms. The minimum atomic E-state index is -0.581. The van der Waals surface area contributed by atoms with Gasteiger partial charge in [0.25, 0.3) is 4.47 Å². The van der Waals surface area contributed by atoms with E-state index in [0.717, 1.165) is 11.3 Å². The molecule has 0 unspecified atom stereocenters. The zero-order valence-electron chi connectivity index (χ0n) is 4.07. The van der Waals surface area contributed by atoms with Crippen molar-refractivity contribution in [2.45, 2.75) is 0 Å². The van der Waals surface area contributed by atoms with E-state index in [1.54, 1.807) is 0 Å². The van der Waals surface area contributed by atoms with Gasteiger partial charge in [-0.3, -0.25) is 0 Å². The number of nitro groups is 1. The standard InChI is InChI=1S/C3HClN2O2S/c4-3-5-2(1-9-3)6(7)8/h1H. The third-order valence-electron chi connectivity index (χ3n) is 0.651. The fraction of sp³-hybridized carbons (Fsp3) is 0. The van der Waals surface area contributed by atoms with Crippen LogP contribution in [0.3, 0.4) is 0 Å². The van der Waals surface area contributed by atoms with E-state index in [1.165, 1.54) is 5.38 Å². The van der Waals surface area contributed by atoms with E-state index in [-0.39, 0.29) is 10.3 Å². The molecular formula is C3HClN2O2S. The molecule has 0 spiro atoms. The van der Waals surface area contributed by atoms with Crippen LogP contribution in [0.1, 0.15) is 0 Å². The van der Waals surface area contributed by atoms with E-state index in [4.69, 9.17) is 11.6 Å². The van der Waals surface area contributed by atoms with Gasteiger partial charge in [-0.2, -0.15) is 0 Å². The lowest BCUT2D eigenvalue weighted by Gasteiger charge is -1.81. The van der Waals surface area contributed by atoms with Gasteiger partial charge in [0.05, 0.1) is 5.38 Å². The minimum absolute atomic E-state index is 0.190. The predicted octanol–water partition coefficient (Wildman–Crippen LogP) is 1.70. The van der Waals surface area contributed by atoms with Crippen LogP contribution in [0.4, 0.5) is 5.82 Å². The van der Waals surface area contributed by atoms with Gasteiger partial charge in [-0.1, -0.05) is 11.3 Å². The van der Waals surface area contributed by atoms with Crippen molar-refractivity contribution >= 4 is 28.8 Å². The monoisotopic (exact) mass is 164 g/mol. The Balaban J connectivity index is 2.98. The summed E-state index contributed by atoms with van der Waals surface area (Å²) in [7, 11) is 0. The van der Waals surface area contributed by atoms with Crippen molar-refractivity contribution in [2.75, 3.05) is 0 Å². The maximum absolute atomic E-state index is 9.91. The Morgan fingerprint density at radius 2 is 2.56 bits per heavy atom. The highest BCUT2D eigenvalue weighted by Gasteiger charge is 2.10. The third kappa shape index (κ3) is 1.36. The van der Waals surface area contributed by atoms with E-state index in [9.17, 15) is 10.1 Å². The molecule has 0 fully saturated rings. The smallest absolute Gasteiger partial charge is 0.358 e. The molecular weight excluding hydrogens is 164 g/mol. The SMILES string of the molecule is O=[N+]([O-])c1csc(Cl)n1. The highest BCUT2D eigenvalue weighted by atomic mass is 35.5. The zero-order chi connectivity index (χ0) is 6.85. The Hall–Kier alpha value is -0.680. The van der Waals surface area contributed by atoms with Crippen LogP contribution in [0.15, 0.2) is 5.38 Å². The molecule has 48 valence electrons. The summed E-state index contributed by atoms with van der Waals surface area (Å²) in [4.78, 5) is 12.7. The summed E-state index contributed by atoms with van der Waals surface area (Å²) in [5.41, 5.74) is 0. The van der Waals surface area contributed by atoms with E-state index >= 15 is 0 Å². The van der Waals surface area contributed by atoms with Gasteiger partial charge < -0.3 is 10.1 Å². The first kappa shape index (κ1) is 6.44. The van der Waals surface area contributed by atoms with Gasteiger partial charge in [0.2, 0.25) is 0 Å². The maximum Gasteiger partial charge on any atom is 0.376 e. The van der Waals surface area contributed by atoms with E-state index < -0.39 is 4.92 Å². The van der Waals surface area contributed by atoms with Crippen LogP contribution in [-0.4, -0.2) is 9.91 Å². The lowest BCUT2D eigenvalue weighted by Crippen LogP contribution is -1.85. The van der Waals surface area contributed by atoms with Crippen molar-refractivity contribution < 1.29 is 4.92 Å². The predicted molar refractivity (Wildman–Crippen MR) is 33.8 cm³/mol. The summed E-state index contributed by atoms with van der Waals surface area (Å²) in [5.74, 6) is -0.190. The normalized spacial score (nSPS) is 9.44. The number of halogens is 1. The third-order valence-corrected chi connectivity index (χ3v) is 1.62. The fourth-order valence-electron chi connectivity index (χ4n) is 0.328. The van der Waals surface area contributed by atoms with Crippen molar-refractivity contribution in [1.29, 1.82) is 0 Å². The Morgan fingerprint density at radius 3 is 2.78 bits per heavy atom. The first-order valence-corrected chi connectivity index (χ1v) is 3.21. The van der Waals surface area contributed by atoms with Gasteiger partial charge >= 0.3 is 5.82 Å². The molecule has 0 N–H and O–H groups in total. The molecule has 0 radical (unpaired) electrons. The van der Waals surface area contributed by atoms with Crippen molar-refractivity contribution in [2.24, 2.45) is 0 Å². The van der Waals surface area contributed by atoms with Crippen LogP contribution in [0.5, 0.6) is 0 Å². The van der Waals surface area contributed by atoms with Crippen molar-refractivity contribution in [3.8, 4) is 0 Å². The molecule has 1 rings (SSSR count). The second-order valence-electron chi connectivity index (χ2n) is 1.22. The average Bonchev–Trinajstić information content (AvgIpc) is 2.14. The summed E-state index contributed by atoms with van der Waals surface area (Å²) in [6.45, 7) is 0. The molecule has 0 saturated carbocycles. The van der Waals surface area contributed by atoms with Crippen LogP contribution >= 0.6 is 22.9 Å². The Kier molecular flexibility index (Phi) is 1.63. The molecule has 0 atom stereocenters. The van der Waals surface area contributed by atoms with Crippen LogP contribution < -0.4 is 0 Å². The molecule has 0 amide bonds. The summed E-state index contributed by atoms with van der Waals surface area (Å²) >= 11 is 6.35. The molecule has 6 heteroatoms. The number of aromatic nitrogens is 1. The maximum atomic E-state index is 9.91. The van der Waals surface area contributed by atoms with Gasteiger partial charge in [-0.25, -0.2) is 0 Å². The summed E-state index contributed by atoms with van der Waals surface area (Å²) < 4.78 is 0.196. The molecule has 0 aliphatic carbocycles. The topological polar surface area (TPSA) is 56.0 Å². The second-order valence-corrected chi connectivity index (χ2v) is 2.66. The fourth-order valence-corrected chi connectivity index (χ4v) is 1.04. The van der Waals surface area contributed by atoms with E-state index in [0.29, 0.717) is 0 Å². The minimum Gasteiger partial charge on any atom is -0.358 e. The summed E-state index contributed by atoms with van der Waals surface area (Å²) in [5, 5.41) is 11.2. The average molecular weight is 165 g/mol. The first-order valence-electron chi connectivity index (χ1n) is 1.95. The molecule has 4 nitrogen and oxygen atoms in total. The van der Waals surface area contributed by atoms with E-state index in [2.05, 4.69) is 4.98 Å². The highest BCUT2D eigenvalue weighted by Crippen LogP contribution is 2.19. The van der Waals surface area contributed by atoms with Gasteiger partial charge in [-0.15, -0.1) is 0 Å².